The lowest BCUT2D eigenvalue weighted by atomic mass is 9.93. The molecule has 5 rings (SSSR count). The van der Waals surface area contributed by atoms with Crippen LogP contribution in [-0.4, -0.2) is 27.8 Å². The second kappa shape index (κ2) is 7.82. The van der Waals surface area contributed by atoms with Gasteiger partial charge >= 0.3 is 5.97 Å². The Kier molecular flexibility index (Phi) is 4.79. The summed E-state index contributed by atoms with van der Waals surface area (Å²) < 4.78 is 5.45. The first-order valence-corrected chi connectivity index (χ1v) is 10.0. The average Bonchev–Trinajstić information content (AvgIpc) is 2.83. The van der Waals surface area contributed by atoms with Crippen LogP contribution in [0.2, 0.25) is 0 Å². The van der Waals surface area contributed by atoms with Gasteiger partial charge in [0.15, 0.2) is 0 Å². The number of imide groups is 1. The molecule has 1 heterocycles. The van der Waals surface area contributed by atoms with E-state index < -0.39 is 22.7 Å². The summed E-state index contributed by atoms with van der Waals surface area (Å²) >= 11 is 0. The number of carbonyl (C=O) groups excluding carboxylic acids is 3. The third-order valence-corrected chi connectivity index (χ3v) is 5.45. The van der Waals surface area contributed by atoms with Crippen LogP contribution in [0, 0.1) is 10.1 Å². The molecule has 0 aromatic heterocycles. The van der Waals surface area contributed by atoms with Crippen LogP contribution in [0.15, 0.2) is 78.9 Å². The summed E-state index contributed by atoms with van der Waals surface area (Å²) in [7, 11) is 0. The van der Waals surface area contributed by atoms with Crippen LogP contribution in [0.25, 0.3) is 10.8 Å². The lowest BCUT2D eigenvalue weighted by Crippen LogP contribution is -2.40. The number of amides is 2. The molecule has 4 aromatic carbocycles. The van der Waals surface area contributed by atoms with Crippen LogP contribution in [0.1, 0.15) is 31.1 Å². The van der Waals surface area contributed by atoms with Gasteiger partial charge in [-0.05, 0) is 60.0 Å². The largest absolute Gasteiger partial charge is 0.508 e. The lowest BCUT2D eigenvalue weighted by molar-refractivity contribution is -0.384. The van der Waals surface area contributed by atoms with Gasteiger partial charge in [-0.25, -0.2) is 9.69 Å². The minimum Gasteiger partial charge on any atom is -0.508 e. The molecule has 0 saturated carbocycles. The van der Waals surface area contributed by atoms with Gasteiger partial charge in [-0.3, -0.25) is 19.7 Å². The second-order valence-electron chi connectivity index (χ2n) is 7.53. The molecule has 1 N–H and O–H groups in total. The zero-order chi connectivity index (χ0) is 24.0. The maximum absolute atomic E-state index is 13.3. The van der Waals surface area contributed by atoms with Gasteiger partial charge < -0.3 is 9.84 Å². The first-order valence-electron chi connectivity index (χ1n) is 10.0. The molecular formula is C25H14N2O7. The number of nitro benzene ring substituents is 1. The number of hydrogen-bond acceptors (Lipinski definition) is 7. The Balaban J connectivity index is 1.55. The van der Waals surface area contributed by atoms with Gasteiger partial charge in [0.1, 0.15) is 11.5 Å². The van der Waals surface area contributed by atoms with Gasteiger partial charge in [0.25, 0.3) is 17.5 Å². The Morgan fingerprint density at radius 1 is 0.882 bits per heavy atom. The molecule has 4 aromatic rings. The first kappa shape index (κ1) is 20.8. The van der Waals surface area contributed by atoms with Crippen molar-refractivity contribution >= 4 is 39.9 Å². The number of benzene rings is 4. The summed E-state index contributed by atoms with van der Waals surface area (Å²) in [6, 6.07) is 18.5. The molecule has 1 aliphatic rings. The maximum Gasteiger partial charge on any atom is 0.343 e. The molecule has 9 heteroatoms. The number of nitro groups is 1. The fourth-order valence-corrected chi connectivity index (χ4v) is 3.86. The lowest BCUT2D eigenvalue weighted by Gasteiger charge is -2.27. The number of phenols is 1. The smallest absolute Gasteiger partial charge is 0.343 e. The minimum atomic E-state index is -0.757. The molecular weight excluding hydrogens is 440 g/mol. The number of anilines is 1. The molecule has 0 aliphatic carbocycles. The number of rotatable bonds is 4. The number of esters is 1. The third-order valence-electron chi connectivity index (χ3n) is 5.45. The fraction of sp³-hybridized carbons (Fsp3) is 0. The molecule has 0 saturated heterocycles. The van der Waals surface area contributed by atoms with Crippen LogP contribution < -0.4 is 9.64 Å². The quantitative estimate of drug-likeness (QED) is 0.158. The first-order chi connectivity index (χ1) is 16.3. The summed E-state index contributed by atoms with van der Waals surface area (Å²) in [5.41, 5.74) is 0.702. The topological polar surface area (TPSA) is 127 Å². The van der Waals surface area contributed by atoms with E-state index in [1.807, 2.05) is 0 Å². The van der Waals surface area contributed by atoms with Crippen molar-refractivity contribution in [3.8, 4) is 11.5 Å². The Hall–Kier alpha value is -5.05. The van der Waals surface area contributed by atoms with Crippen molar-refractivity contribution in [1.29, 1.82) is 0 Å². The molecule has 2 amide bonds. The number of aromatic hydroxyl groups is 1. The van der Waals surface area contributed by atoms with Crippen LogP contribution in [0.3, 0.4) is 0 Å². The van der Waals surface area contributed by atoms with Crippen molar-refractivity contribution in [2.75, 3.05) is 4.90 Å². The van der Waals surface area contributed by atoms with Gasteiger partial charge in [0.2, 0.25) is 0 Å². The fourth-order valence-electron chi connectivity index (χ4n) is 3.86. The Labute approximate surface area is 191 Å². The van der Waals surface area contributed by atoms with E-state index in [9.17, 15) is 29.6 Å². The summed E-state index contributed by atoms with van der Waals surface area (Å²) in [5.74, 6) is -1.80. The molecule has 0 fully saturated rings. The second-order valence-corrected chi connectivity index (χ2v) is 7.53. The molecule has 0 unspecified atom stereocenters. The average molecular weight is 454 g/mol. The van der Waals surface area contributed by atoms with Crippen molar-refractivity contribution < 1.29 is 29.2 Å². The van der Waals surface area contributed by atoms with E-state index in [4.69, 9.17) is 4.74 Å². The number of nitrogens with zero attached hydrogens (tertiary/aromatic N) is 2. The van der Waals surface area contributed by atoms with Gasteiger partial charge in [-0.15, -0.1) is 0 Å². The van der Waals surface area contributed by atoms with Crippen LogP contribution >= 0.6 is 0 Å². The molecule has 0 radical (unpaired) electrons. The van der Waals surface area contributed by atoms with E-state index in [0.717, 1.165) is 4.90 Å². The van der Waals surface area contributed by atoms with Gasteiger partial charge in [0.05, 0.1) is 21.7 Å². The highest BCUT2D eigenvalue weighted by atomic mass is 16.6. The predicted molar refractivity (Wildman–Crippen MR) is 121 cm³/mol. The normalized spacial score (nSPS) is 12.6. The Morgan fingerprint density at radius 3 is 2.24 bits per heavy atom. The molecule has 9 nitrogen and oxygen atoms in total. The maximum atomic E-state index is 13.3. The summed E-state index contributed by atoms with van der Waals surface area (Å²) in [4.78, 5) is 50.3. The number of phenolic OH excluding ortho intramolecular Hbond substituents is 1. The number of ether oxygens (including phenoxy) is 1. The van der Waals surface area contributed by atoms with Gasteiger partial charge in [0, 0.05) is 23.1 Å². The highest BCUT2D eigenvalue weighted by Crippen LogP contribution is 2.36. The molecule has 1 aliphatic heterocycles. The van der Waals surface area contributed by atoms with E-state index in [1.165, 1.54) is 54.6 Å². The number of non-ortho nitro benzene ring substituents is 1. The van der Waals surface area contributed by atoms with E-state index >= 15 is 0 Å². The standard InChI is InChI=1S/C25H14N2O7/c28-18-10-8-16(9-11-18)26-23(29)20-3-1-2-15-12-19(13-21(22(15)20)24(26)30)34-25(31)14-4-6-17(7-5-14)27(32)33/h1-13,28H. The third kappa shape index (κ3) is 3.41. The zero-order valence-electron chi connectivity index (χ0n) is 17.3. The van der Waals surface area contributed by atoms with Crippen LogP contribution in [-0.2, 0) is 0 Å². The molecule has 0 bridgehead atoms. The zero-order valence-corrected chi connectivity index (χ0v) is 17.3. The van der Waals surface area contributed by atoms with E-state index in [0.29, 0.717) is 16.3 Å². The SMILES string of the molecule is O=C(Oc1cc2c3c(cccc3c1)C(=O)N(c1ccc(O)cc1)C2=O)c1ccc([N+](=O)[O-])cc1. The predicted octanol–water partition coefficient (Wildman–Crippen LogP) is 4.47. The van der Waals surface area contributed by atoms with Gasteiger partial charge in [-0.1, -0.05) is 12.1 Å². The summed E-state index contributed by atoms with van der Waals surface area (Å²) in [6.45, 7) is 0. The molecule has 0 atom stereocenters. The van der Waals surface area contributed by atoms with Crippen LogP contribution in [0.5, 0.6) is 11.5 Å². The molecule has 0 spiro atoms. The van der Waals surface area contributed by atoms with Crippen molar-refractivity contribution in [3.05, 3.63) is 106 Å². The Bertz CT molecular complexity index is 1510. The van der Waals surface area contributed by atoms with E-state index in [2.05, 4.69) is 0 Å². The number of carbonyl (C=O) groups is 3. The van der Waals surface area contributed by atoms with Crippen molar-refractivity contribution in [2.45, 2.75) is 0 Å². The van der Waals surface area contributed by atoms with Crippen molar-refractivity contribution in [2.24, 2.45) is 0 Å². The molecule has 34 heavy (non-hydrogen) atoms. The minimum absolute atomic E-state index is 0.0106. The summed E-state index contributed by atoms with van der Waals surface area (Å²) in [5, 5.41) is 21.4. The highest BCUT2D eigenvalue weighted by Gasteiger charge is 2.34. The number of hydrogen-bond donors (Lipinski definition) is 1. The monoisotopic (exact) mass is 454 g/mol. The highest BCUT2D eigenvalue weighted by molar-refractivity contribution is 6.36. The van der Waals surface area contributed by atoms with E-state index in [-0.39, 0.29) is 34.0 Å². The van der Waals surface area contributed by atoms with Crippen molar-refractivity contribution in [1.82, 2.24) is 0 Å². The van der Waals surface area contributed by atoms with Crippen LogP contribution in [0.4, 0.5) is 11.4 Å². The Morgan fingerprint density at radius 2 is 1.56 bits per heavy atom. The van der Waals surface area contributed by atoms with Gasteiger partial charge in [-0.2, -0.15) is 0 Å². The van der Waals surface area contributed by atoms with E-state index in [1.54, 1.807) is 24.3 Å². The molecule has 166 valence electrons. The van der Waals surface area contributed by atoms with Crippen molar-refractivity contribution in [3.63, 3.8) is 0 Å². The summed E-state index contributed by atoms with van der Waals surface area (Å²) in [6.07, 6.45) is 0.